The number of carboxylic acids is 1. The number of hydrogen-bond donors (Lipinski definition) is 2. The number of aromatic nitrogens is 1. The van der Waals surface area contributed by atoms with Gasteiger partial charge in [0, 0.05) is 24.1 Å². The largest absolute Gasteiger partial charge is 0.481 e. The van der Waals surface area contributed by atoms with E-state index in [4.69, 9.17) is 5.11 Å². The average Bonchev–Trinajstić information content (AvgIpc) is 2.70. The molecule has 16 heavy (non-hydrogen) atoms. The van der Waals surface area contributed by atoms with Crippen molar-refractivity contribution in [3.63, 3.8) is 0 Å². The molecule has 2 atom stereocenters. The van der Waals surface area contributed by atoms with Gasteiger partial charge in [0.05, 0.1) is 5.92 Å². The number of hydrogen-bond acceptors (Lipinski definition) is 3. The van der Waals surface area contributed by atoms with E-state index < -0.39 is 5.97 Å². The molecule has 0 aliphatic heterocycles. The average molecular weight is 220 g/mol. The predicted octanol–water partition coefficient (Wildman–Crippen LogP) is 2.06. The zero-order valence-electron chi connectivity index (χ0n) is 9.31. The second kappa shape index (κ2) is 4.51. The number of anilines is 1. The van der Waals surface area contributed by atoms with Crippen molar-refractivity contribution >= 4 is 11.7 Å². The van der Waals surface area contributed by atoms with Gasteiger partial charge in [-0.15, -0.1) is 0 Å². The molecular formula is C12H16N2O2. The number of carbonyl (C=O) groups is 1. The van der Waals surface area contributed by atoms with Gasteiger partial charge >= 0.3 is 5.97 Å². The maximum absolute atomic E-state index is 10.8. The van der Waals surface area contributed by atoms with Crippen LogP contribution in [0.4, 0.5) is 5.69 Å². The Morgan fingerprint density at radius 3 is 3.00 bits per heavy atom. The molecule has 2 unspecified atom stereocenters. The summed E-state index contributed by atoms with van der Waals surface area (Å²) in [6, 6.07) is 2.21. The van der Waals surface area contributed by atoms with Gasteiger partial charge in [-0.2, -0.15) is 0 Å². The number of aryl methyl sites for hydroxylation is 1. The minimum atomic E-state index is -0.671. The third-order valence-corrected chi connectivity index (χ3v) is 3.16. The second-order valence-corrected chi connectivity index (χ2v) is 4.38. The van der Waals surface area contributed by atoms with Crippen LogP contribution in [0, 0.1) is 12.8 Å². The van der Waals surface area contributed by atoms with E-state index in [9.17, 15) is 4.79 Å². The zero-order valence-corrected chi connectivity index (χ0v) is 9.31. The summed E-state index contributed by atoms with van der Waals surface area (Å²) in [6.07, 6.45) is 5.98. The normalized spacial score (nSPS) is 24.3. The van der Waals surface area contributed by atoms with Crippen LogP contribution < -0.4 is 5.32 Å². The van der Waals surface area contributed by atoms with Gasteiger partial charge in [-0.05, 0) is 37.8 Å². The number of carboxylic acid groups (broad SMARTS) is 1. The van der Waals surface area contributed by atoms with Crippen LogP contribution in [0.2, 0.25) is 0 Å². The Kier molecular flexibility index (Phi) is 3.08. The quantitative estimate of drug-likeness (QED) is 0.818. The summed E-state index contributed by atoms with van der Waals surface area (Å²) >= 11 is 0. The molecule has 0 bridgehead atoms. The van der Waals surface area contributed by atoms with Crippen molar-refractivity contribution in [2.45, 2.75) is 32.2 Å². The van der Waals surface area contributed by atoms with Gasteiger partial charge in [0.2, 0.25) is 0 Å². The molecule has 1 heterocycles. The van der Waals surface area contributed by atoms with Crippen molar-refractivity contribution in [3.8, 4) is 0 Å². The Morgan fingerprint density at radius 1 is 1.56 bits per heavy atom. The van der Waals surface area contributed by atoms with E-state index in [2.05, 4.69) is 10.3 Å². The number of nitrogens with zero attached hydrogens (tertiary/aromatic N) is 1. The van der Waals surface area contributed by atoms with Gasteiger partial charge < -0.3 is 10.4 Å². The van der Waals surface area contributed by atoms with Gasteiger partial charge in [-0.25, -0.2) is 0 Å². The standard InChI is InChI=1S/C12H16N2O2/c1-8-7-13-5-4-11(8)14-10-3-2-9(6-10)12(15)16/h4-5,7,9-10H,2-3,6H2,1H3,(H,13,14)(H,15,16). The Balaban J connectivity index is 1.97. The number of nitrogens with one attached hydrogen (secondary N) is 1. The van der Waals surface area contributed by atoms with Crippen LogP contribution in [0.1, 0.15) is 24.8 Å². The summed E-state index contributed by atoms with van der Waals surface area (Å²) in [4.78, 5) is 14.9. The SMILES string of the molecule is Cc1cnccc1NC1CCC(C(=O)O)C1. The summed E-state index contributed by atoms with van der Waals surface area (Å²) in [7, 11) is 0. The van der Waals surface area contributed by atoms with Gasteiger partial charge in [0.1, 0.15) is 0 Å². The van der Waals surface area contributed by atoms with Crippen molar-refractivity contribution in [2.24, 2.45) is 5.92 Å². The van der Waals surface area contributed by atoms with E-state index in [1.807, 2.05) is 19.2 Å². The molecule has 4 heteroatoms. The van der Waals surface area contributed by atoms with Crippen molar-refractivity contribution in [3.05, 3.63) is 24.0 Å². The highest BCUT2D eigenvalue weighted by Crippen LogP contribution is 2.28. The monoisotopic (exact) mass is 220 g/mol. The number of aliphatic carboxylic acids is 1. The van der Waals surface area contributed by atoms with Crippen molar-refractivity contribution in [2.75, 3.05) is 5.32 Å². The minimum absolute atomic E-state index is 0.181. The van der Waals surface area contributed by atoms with E-state index in [0.29, 0.717) is 0 Å². The van der Waals surface area contributed by atoms with Crippen molar-refractivity contribution in [1.82, 2.24) is 4.98 Å². The Bertz CT molecular complexity index is 392. The van der Waals surface area contributed by atoms with Gasteiger partial charge in [0.25, 0.3) is 0 Å². The Morgan fingerprint density at radius 2 is 2.38 bits per heavy atom. The van der Waals surface area contributed by atoms with Crippen LogP contribution in [0.25, 0.3) is 0 Å². The number of pyridine rings is 1. The van der Waals surface area contributed by atoms with Crippen LogP contribution in [-0.4, -0.2) is 22.1 Å². The first kappa shape index (κ1) is 10.9. The van der Waals surface area contributed by atoms with Gasteiger partial charge in [-0.3, -0.25) is 9.78 Å². The van der Waals surface area contributed by atoms with E-state index in [0.717, 1.165) is 30.5 Å². The second-order valence-electron chi connectivity index (χ2n) is 4.38. The fourth-order valence-electron chi connectivity index (χ4n) is 2.19. The molecule has 0 radical (unpaired) electrons. The third kappa shape index (κ3) is 2.32. The maximum atomic E-state index is 10.8. The summed E-state index contributed by atoms with van der Waals surface area (Å²) in [5.74, 6) is -0.851. The molecule has 1 saturated carbocycles. The molecule has 4 nitrogen and oxygen atoms in total. The summed E-state index contributed by atoms with van der Waals surface area (Å²) in [5.41, 5.74) is 2.16. The molecule has 1 aromatic rings. The van der Waals surface area contributed by atoms with Crippen LogP contribution >= 0.6 is 0 Å². The van der Waals surface area contributed by atoms with Crippen LogP contribution in [0.3, 0.4) is 0 Å². The first-order chi connectivity index (χ1) is 7.66. The fraction of sp³-hybridized carbons (Fsp3) is 0.500. The molecule has 1 aliphatic carbocycles. The van der Waals surface area contributed by atoms with E-state index in [1.54, 1.807) is 6.20 Å². The van der Waals surface area contributed by atoms with E-state index >= 15 is 0 Å². The molecule has 0 spiro atoms. The Hall–Kier alpha value is -1.58. The predicted molar refractivity (Wildman–Crippen MR) is 61.4 cm³/mol. The molecular weight excluding hydrogens is 204 g/mol. The highest BCUT2D eigenvalue weighted by molar-refractivity contribution is 5.70. The lowest BCUT2D eigenvalue weighted by atomic mass is 10.1. The summed E-state index contributed by atoms with van der Waals surface area (Å²) in [5, 5.41) is 12.3. The lowest BCUT2D eigenvalue weighted by Gasteiger charge is -2.15. The smallest absolute Gasteiger partial charge is 0.306 e. The highest BCUT2D eigenvalue weighted by Gasteiger charge is 2.29. The van der Waals surface area contributed by atoms with Gasteiger partial charge in [-0.1, -0.05) is 0 Å². The molecule has 2 N–H and O–H groups in total. The lowest BCUT2D eigenvalue weighted by molar-refractivity contribution is -0.141. The van der Waals surface area contributed by atoms with E-state index in [-0.39, 0.29) is 12.0 Å². The lowest BCUT2D eigenvalue weighted by Crippen LogP contribution is -2.18. The topological polar surface area (TPSA) is 62.2 Å². The molecule has 0 amide bonds. The molecule has 0 saturated heterocycles. The molecule has 1 fully saturated rings. The van der Waals surface area contributed by atoms with Gasteiger partial charge in [0.15, 0.2) is 0 Å². The molecule has 2 rings (SSSR count). The first-order valence-corrected chi connectivity index (χ1v) is 5.57. The highest BCUT2D eigenvalue weighted by atomic mass is 16.4. The Labute approximate surface area is 94.7 Å². The van der Waals surface area contributed by atoms with E-state index in [1.165, 1.54) is 0 Å². The minimum Gasteiger partial charge on any atom is -0.481 e. The van der Waals surface area contributed by atoms with Crippen LogP contribution in [0.5, 0.6) is 0 Å². The molecule has 86 valence electrons. The molecule has 1 aliphatic rings. The zero-order chi connectivity index (χ0) is 11.5. The maximum Gasteiger partial charge on any atom is 0.306 e. The third-order valence-electron chi connectivity index (χ3n) is 3.16. The van der Waals surface area contributed by atoms with Crippen LogP contribution in [0.15, 0.2) is 18.5 Å². The molecule has 0 aromatic carbocycles. The summed E-state index contributed by atoms with van der Waals surface area (Å²) in [6.45, 7) is 2.00. The van der Waals surface area contributed by atoms with Crippen molar-refractivity contribution in [1.29, 1.82) is 0 Å². The van der Waals surface area contributed by atoms with Crippen molar-refractivity contribution < 1.29 is 9.90 Å². The fourth-order valence-corrected chi connectivity index (χ4v) is 2.19. The first-order valence-electron chi connectivity index (χ1n) is 5.57. The molecule has 1 aromatic heterocycles. The summed E-state index contributed by atoms with van der Waals surface area (Å²) < 4.78 is 0. The number of rotatable bonds is 3. The van der Waals surface area contributed by atoms with Crippen LogP contribution in [-0.2, 0) is 4.79 Å².